The Morgan fingerprint density at radius 1 is 0.895 bits per heavy atom. The average Bonchev–Trinajstić information content (AvgIpc) is 2.91. The lowest BCUT2D eigenvalue weighted by molar-refractivity contribution is 0.273. The predicted octanol–water partition coefficient (Wildman–Crippen LogP) is 2.46. The predicted molar refractivity (Wildman–Crippen MR) is 81.2 cm³/mol. The molecule has 1 aromatic heterocycles. The summed E-state index contributed by atoms with van der Waals surface area (Å²) in [5.74, 6) is 0. The van der Waals surface area contributed by atoms with E-state index in [4.69, 9.17) is 13.3 Å². The highest BCUT2D eigenvalue weighted by Gasteiger charge is 2.45. The van der Waals surface area contributed by atoms with Crippen LogP contribution in [-0.4, -0.2) is 29.8 Å². The number of furan rings is 1. The summed E-state index contributed by atoms with van der Waals surface area (Å²) in [6.45, 7) is 6.49. The van der Waals surface area contributed by atoms with Gasteiger partial charge >= 0.3 is 0 Å². The molecule has 0 amide bonds. The summed E-state index contributed by atoms with van der Waals surface area (Å²) >= 11 is 0. The Hall–Kier alpha value is -0.366. The first-order valence-corrected chi connectivity index (χ1v) is 12.7. The highest BCUT2D eigenvalue weighted by atomic mass is 28.4. The first-order chi connectivity index (χ1) is 9.14. The van der Waals surface area contributed by atoms with Crippen molar-refractivity contribution in [2.75, 3.05) is 13.2 Å². The van der Waals surface area contributed by atoms with E-state index in [1.54, 1.807) is 0 Å². The maximum atomic E-state index is 6.23. The van der Waals surface area contributed by atoms with E-state index in [0.29, 0.717) is 0 Å². The molecule has 2 atom stereocenters. The lowest BCUT2D eigenvalue weighted by atomic mass is 10.4. The molecule has 0 bridgehead atoms. The van der Waals surface area contributed by atoms with Crippen LogP contribution in [-0.2, 0) is 8.85 Å². The third-order valence-electron chi connectivity index (χ3n) is 4.65. The molecule has 2 aliphatic heterocycles. The Kier molecular flexibility index (Phi) is 3.72. The summed E-state index contributed by atoms with van der Waals surface area (Å²) in [5.41, 5.74) is 0. The van der Waals surface area contributed by atoms with Gasteiger partial charge in [-0.25, -0.2) is 0 Å². The minimum Gasteiger partial charge on any atom is -0.471 e. The van der Waals surface area contributed by atoms with Gasteiger partial charge in [-0.2, -0.15) is 0 Å². The smallest absolute Gasteiger partial charge is 0.260 e. The van der Waals surface area contributed by atoms with E-state index in [1.165, 1.54) is 48.3 Å². The lowest BCUT2D eigenvalue weighted by Gasteiger charge is -2.35. The Morgan fingerprint density at radius 3 is 2.11 bits per heavy atom. The maximum Gasteiger partial charge on any atom is 0.260 e. The minimum atomic E-state index is -1.85. The van der Waals surface area contributed by atoms with Gasteiger partial charge in [-0.3, -0.25) is 0 Å². The van der Waals surface area contributed by atoms with Crippen molar-refractivity contribution in [2.45, 2.75) is 50.9 Å². The van der Waals surface area contributed by atoms with Crippen molar-refractivity contribution >= 4 is 27.2 Å². The molecule has 0 N–H and O–H groups in total. The fourth-order valence-electron chi connectivity index (χ4n) is 3.39. The molecule has 106 valence electrons. The molecule has 2 unspecified atom stereocenters. The van der Waals surface area contributed by atoms with E-state index in [1.807, 2.05) is 6.26 Å². The van der Waals surface area contributed by atoms with Crippen LogP contribution in [0.25, 0.3) is 0 Å². The van der Waals surface area contributed by atoms with Crippen molar-refractivity contribution in [1.82, 2.24) is 0 Å². The topological polar surface area (TPSA) is 31.6 Å². The van der Waals surface area contributed by atoms with Gasteiger partial charge in [0.05, 0.1) is 6.26 Å². The van der Waals surface area contributed by atoms with Crippen molar-refractivity contribution in [3.8, 4) is 0 Å². The number of rotatable bonds is 2. The standard InChI is InChI=1S/C14H24O3Si2/c1-18(11-5-3-8-16-18)13-7-10-15-14(13)19(2)12-6-4-9-17-19/h7,10H,3-6,8-9,11-12H2,1-2H3. The first-order valence-electron chi connectivity index (χ1n) is 7.50. The van der Waals surface area contributed by atoms with Gasteiger partial charge in [-0.05, 0) is 44.1 Å². The van der Waals surface area contributed by atoms with E-state index in [-0.39, 0.29) is 0 Å². The maximum absolute atomic E-state index is 6.23. The van der Waals surface area contributed by atoms with Crippen molar-refractivity contribution in [3.05, 3.63) is 12.3 Å². The summed E-state index contributed by atoms with van der Waals surface area (Å²) < 4.78 is 18.3. The molecule has 3 rings (SSSR count). The van der Waals surface area contributed by atoms with Gasteiger partial charge in [0.15, 0.2) is 0 Å². The van der Waals surface area contributed by atoms with E-state index in [0.717, 1.165) is 13.2 Å². The normalized spacial score (nSPS) is 36.3. The van der Waals surface area contributed by atoms with E-state index in [2.05, 4.69) is 19.2 Å². The monoisotopic (exact) mass is 296 g/mol. The Bertz CT molecular complexity index is 393. The van der Waals surface area contributed by atoms with Gasteiger partial charge in [-0.15, -0.1) is 0 Å². The van der Waals surface area contributed by atoms with Gasteiger partial charge in [0.25, 0.3) is 8.32 Å². The van der Waals surface area contributed by atoms with E-state index in [9.17, 15) is 0 Å². The van der Waals surface area contributed by atoms with Gasteiger partial charge in [0.2, 0.25) is 8.32 Å². The molecule has 19 heavy (non-hydrogen) atoms. The van der Waals surface area contributed by atoms with Crippen LogP contribution in [0, 0.1) is 0 Å². The molecule has 2 aliphatic rings. The molecule has 0 aliphatic carbocycles. The fraction of sp³-hybridized carbons (Fsp3) is 0.714. The van der Waals surface area contributed by atoms with Crippen LogP contribution in [0.4, 0.5) is 0 Å². The van der Waals surface area contributed by atoms with Crippen LogP contribution in [0.2, 0.25) is 25.2 Å². The number of hydrogen-bond acceptors (Lipinski definition) is 3. The highest BCUT2D eigenvalue weighted by molar-refractivity contribution is 6.95. The van der Waals surface area contributed by atoms with E-state index < -0.39 is 16.6 Å². The first kappa shape index (κ1) is 13.6. The molecule has 1 aromatic rings. The largest absolute Gasteiger partial charge is 0.471 e. The zero-order valence-electron chi connectivity index (χ0n) is 12.0. The van der Waals surface area contributed by atoms with Gasteiger partial charge in [0, 0.05) is 18.4 Å². The third kappa shape index (κ3) is 2.49. The molecule has 3 nitrogen and oxygen atoms in total. The molecule has 2 fully saturated rings. The van der Waals surface area contributed by atoms with Crippen molar-refractivity contribution < 1.29 is 13.3 Å². The Balaban J connectivity index is 1.93. The summed E-state index contributed by atoms with van der Waals surface area (Å²) in [6, 6.07) is 4.59. The fourth-order valence-corrected chi connectivity index (χ4v) is 11.0. The molecule has 0 radical (unpaired) electrons. The zero-order chi connectivity index (χ0) is 13.3. The Labute approximate surface area is 117 Å². The van der Waals surface area contributed by atoms with Crippen molar-refractivity contribution in [1.29, 1.82) is 0 Å². The zero-order valence-corrected chi connectivity index (χ0v) is 14.0. The Morgan fingerprint density at radius 2 is 1.53 bits per heavy atom. The molecule has 0 aromatic carbocycles. The molecule has 2 saturated heterocycles. The van der Waals surface area contributed by atoms with Crippen LogP contribution in [0.15, 0.2) is 16.7 Å². The van der Waals surface area contributed by atoms with Crippen LogP contribution >= 0.6 is 0 Å². The third-order valence-corrected chi connectivity index (χ3v) is 12.1. The molecular weight excluding hydrogens is 272 g/mol. The molecular formula is C14H24O3Si2. The van der Waals surface area contributed by atoms with Crippen molar-refractivity contribution in [2.24, 2.45) is 0 Å². The SMILES string of the molecule is C[Si]1(c2ccoc2[Si]2(C)CCCCO2)CCCCO1. The number of hydrogen-bond donors (Lipinski definition) is 0. The van der Waals surface area contributed by atoms with Gasteiger partial charge in [-0.1, -0.05) is 12.8 Å². The quantitative estimate of drug-likeness (QED) is 0.786. The van der Waals surface area contributed by atoms with E-state index >= 15 is 0 Å². The van der Waals surface area contributed by atoms with Gasteiger partial charge in [0.1, 0.15) is 5.38 Å². The van der Waals surface area contributed by atoms with Crippen LogP contribution in [0.1, 0.15) is 25.7 Å². The second kappa shape index (κ2) is 5.20. The summed E-state index contributed by atoms with van der Waals surface area (Å²) in [6.07, 6.45) is 6.84. The second-order valence-corrected chi connectivity index (χ2v) is 13.7. The molecule has 5 heteroatoms. The van der Waals surface area contributed by atoms with Crippen LogP contribution < -0.4 is 10.6 Å². The summed E-state index contributed by atoms with van der Waals surface area (Å²) in [5, 5.41) is 2.58. The molecule has 0 spiro atoms. The minimum absolute atomic E-state index is 0.905. The second-order valence-electron chi connectivity index (χ2n) is 6.24. The van der Waals surface area contributed by atoms with Crippen LogP contribution in [0.5, 0.6) is 0 Å². The van der Waals surface area contributed by atoms with Crippen molar-refractivity contribution in [3.63, 3.8) is 0 Å². The highest BCUT2D eigenvalue weighted by Crippen LogP contribution is 2.25. The van der Waals surface area contributed by atoms with Crippen LogP contribution in [0.3, 0.4) is 0 Å². The summed E-state index contributed by atoms with van der Waals surface area (Å²) in [7, 11) is -3.62. The molecule has 3 heterocycles. The lowest BCUT2D eigenvalue weighted by Crippen LogP contribution is -2.63. The average molecular weight is 297 g/mol. The van der Waals surface area contributed by atoms with Gasteiger partial charge < -0.3 is 13.3 Å². The summed E-state index contributed by atoms with van der Waals surface area (Å²) in [4.78, 5) is 0. The molecule has 0 saturated carbocycles.